The fourth-order valence-electron chi connectivity index (χ4n) is 3.47. The van der Waals surface area contributed by atoms with Gasteiger partial charge in [-0.05, 0) is 43.5 Å². The van der Waals surface area contributed by atoms with E-state index < -0.39 is 10.0 Å². The maximum atomic E-state index is 12.7. The SMILES string of the molecule is CCCS(=O)(=O)Nc1ccc(C(=O)N2CCN(C(=O)C3CCCO3)CC2)cc1. The summed E-state index contributed by atoms with van der Waals surface area (Å²) >= 11 is 0. The van der Waals surface area contributed by atoms with E-state index in [4.69, 9.17) is 4.74 Å². The number of rotatable bonds is 6. The summed E-state index contributed by atoms with van der Waals surface area (Å²) in [6.07, 6.45) is 1.89. The molecule has 2 heterocycles. The smallest absolute Gasteiger partial charge is 0.253 e. The number of hydrogen-bond donors (Lipinski definition) is 1. The Labute approximate surface area is 165 Å². The summed E-state index contributed by atoms with van der Waals surface area (Å²) in [4.78, 5) is 28.6. The molecule has 2 aliphatic heterocycles. The van der Waals surface area contributed by atoms with Crippen LogP contribution in [0.5, 0.6) is 0 Å². The molecule has 9 heteroatoms. The van der Waals surface area contributed by atoms with Crippen LogP contribution in [0.2, 0.25) is 0 Å². The molecule has 1 aromatic rings. The molecule has 0 spiro atoms. The molecule has 0 saturated carbocycles. The van der Waals surface area contributed by atoms with E-state index in [1.807, 2.05) is 0 Å². The number of piperazine rings is 1. The fraction of sp³-hybridized carbons (Fsp3) is 0.579. The molecule has 1 N–H and O–H groups in total. The number of carbonyl (C=O) groups excluding carboxylic acids is 2. The first-order valence-corrected chi connectivity index (χ1v) is 11.3. The monoisotopic (exact) mass is 409 g/mol. The number of amides is 2. The van der Waals surface area contributed by atoms with Gasteiger partial charge in [-0.15, -0.1) is 0 Å². The molecule has 1 unspecified atom stereocenters. The van der Waals surface area contributed by atoms with Crippen molar-refractivity contribution < 1.29 is 22.7 Å². The van der Waals surface area contributed by atoms with Crippen molar-refractivity contribution in [3.05, 3.63) is 29.8 Å². The molecule has 2 aliphatic rings. The van der Waals surface area contributed by atoms with E-state index in [0.29, 0.717) is 50.5 Å². The standard InChI is InChI=1S/C19H27N3O5S/c1-2-14-28(25,26)20-16-7-5-15(6-8-16)18(23)21-9-11-22(12-10-21)19(24)17-4-3-13-27-17/h5-8,17,20H,2-4,9-14H2,1H3. The molecule has 2 fully saturated rings. The summed E-state index contributed by atoms with van der Waals surface area (Å²) < 4.78 is 31.6. The van der Waals surface area contributed by atoms with Crippen LogP contribution in [0.3, 0.4) is 0 Å². The molecular weight excluding hydrogens is 382 g/mol. The van der Waals surface area contributed by atoms with E-state index in [9.17, 15) is 18.0 Å². The normalized spacial score (nSPS) is 20.2. The van der Waals surface area contributed by atoms with Crippen LogP contribution < -0.4 is 4.72 Å². The molecule has 28 heavy (non-hydrogen) atoms. The van der Waals surface area contributed by atoms with Gasteiger partial charge >= 0.3 is 0 Å². The highest BCUT2D eigenvalue weighted by Crippen LogP contribution is 2.18. The average Bonchev–Trinajstić information content (AvgIpc) is 3.22. The van der Waals surface area contributed by atoms with Crippen molar-refractivity contribution >= 4 is 27.5 Å². The summed E-state index contributed by atoms with van der Waals surface area (Å²) in [6.45, 7) is 4.39. The number of sulfonamides is 1. The first-order chi connectivity index (χ1) is 13.4. The van der Waals surface area contributed by atoms with Crippen molar-refractivity contribution in [1.29, 1.82) is 0 Å². The molecule has 0 aliphatic carbocycles. The third-order valence-corrected chi connectivity index (χ3v) is 6.45. The number of anilines is 1. The molecule has 2 amide bonds. The number of hydrogen-bond acceptors (Lipinski definition) is 5. The van der Waals surface area contributed by atoms with Gasteiger partial charge in [0.05, 0.1) is 5.75 Å². The molecular formula is C19H27N3O5S. The Bertz CT molecular complexity index is 795. The Morgan fingerprint density at radius 2 is 1.75 bits per heavy atom. The predicted molar refractivity (Wildman–Crippen MR) is 106 cm³/mol. The van der Waals surface area contributed by atoms with Crippen molar-refractivity contribution in [3.8, 4) is 0 Å². The lowest BCUT2D eigenvalue weighted by molar-refractivity contribution is -0.142. The summed E-state index contributed by atoms with van der Waals surface area (Å²) in [6, 6.07) is 6.43. The number of ether oxygens (including phenoxy) is 1. The first kappa shape index (κ1) is 20.6. The van der Waals surface area contributed by atoms with Crippen LogP contribution in [0.4, 0.5) is 5.69 Å². The maximum Gasteiger partial charge on any atom is 0.253 e. The van der Waals surface area contributed by atoms with Crippen LogP contribution in [-0.2, 0) is 19.6 Å². The summed E-state index contributed by atoms with van der Waals surface area (Å²) in [5.41, 5.74) is 0.939. The highest BCUT2D eigenvalue weighted by Gasteiger charge is 2.31. The summed E-state index contributed by atoms with van der Waals surface area (Å²) in [5.74, 6) is -0.0387. The molecule has 2 saturated heterocycles. The zero-order chi connectivity index (χ0) is 20.1. The average molecular weight is 410 g/mol. The molecule has 0 bridgehead atoms. The zero-order valence-corrected chi connectivity index (χ0v) is 16.9. The lowest BCUT2D eigenvalue weighted by Crippen LogP contribution is -2.52. The number of nitrogens with zero attached hydrogens (tertiary/aromatic N) is 2. The maximum absolute atomic E-state index is 12.7. The Morgan fingerprint density at radius 3 is 2.32 bits per heavy atom. The van der Waals surface area contributed by atoms with Crippen molar-refractivity contribution in [3.63, 3.8) is 0 Å². The third-order valence-electron chi connectivity index (χ3n) is 4.96. The van der Waals surface area contributed by atoms with Crippen LogP contribution in [0.25, 0.3) is 0 Å². The Balaban J connectivity index is 1.54. The van der Waals surface area contributed by atoms with Crippen molar-refractivity contribution in [1.82, 2.24) is 9.80 Å². The lowest BCUT2D eigenvalue weighted by atomic mass is 10.1. The summed E-state index contributed by atoms with van der Waals surface area (Å²) in [7, 11) is -3.35. The van der Waals surface area contributed by atoms with Gasteiger partial charge in [-0.1, -0.05) is 6.92 Å². The number of benzene rings is 1. The minimum atomic E-state index is -3.35. The van der Waals surface area contributed by atoms with Gasteiger partial charge in [0.2, 0.25) is 10.0 Å². The quantitative estimate of drug-likeness (QED) is 0.764. The van der Waals surface area contributed by atoms with Gasteiger partial charge in [0, 0.05) is 44.0 Å². The Kier molecular flexibility index (Phi) is 6.56. The van der Waals surface area contributed by atoms with Crippen molar-refractivity contribution in [2.45, 2.75) is 32.3 Å². The van der Waals surface area contributed by atoms with E-state index in [1.54, 1.807) is 41.0 Å². The van der Waals surface area contributed by atoms with E-state index in [-0.39, 0.29) is 23.7 Å². The summed E-state index contributed by atoms with van der Waals surface area (Å²) in [5, 5.41) is 0. The van der Waals surface area contributed by atoms with Gasteiger partial charge in [0.25, 0.3) is 11.8 Å². The number of nitrogens with one attached hydrogen (secondary N) is 1. The zero-order valence-electron chi connectivity index (χ0n) is 16.1. The molecule has 8 nitrogen and oxygen atoms in total. The topological polar surface area (TPSA) is 96.0 Å². The van der Waals surface area contributed by atoms with Crippen LogP contribution >= 0.6 is 0 Å². The second-order valence-corrected chi connectivity index (χ2v) is 8.96. The lowest BCUT2D eigenvalue weighted by Gasteiger charge is -2.35. The number of carbonyl (C=O) groups is 2. The highest BCUT2D eigenvalue weighted by atomic mass is 32.2. The van der Waals surface area contributed by atoms with E-state index in [0.717, 1.165) is 12.8 Å². The minimum absolute atomic E-state index is 0.0216. The van der Waals surface area contributed by atoms with Crippen molar-refractivity contribution in [2.75, 3.05) is 43.3 Å². The van der Waals surface area contributed by atoms with E-state index in [2.05, 4.69) is 4.72 Å². The fourth-order valence-corrected chi connectivity index (χ4v) is 4.60. The molecule has 0 aromatic heterocycles. The van der Waals surface area contributed by atoms with Gasteiger partial charge in [0.15, 0.2) is 0 Å². The van der Waals surface area contributed by atoms with E-state index >= 15 is 0 Å². The first-order valence-electron chi connectivity index (χ1n) is 9.70. The van der Waals surface area contributed by atoms with Gasteiger partial charge in [-0.3, -0.25) is 14.3 Å². The van der Waals surface area contributed by atoms with Gasteiger partial charge in [0.1, 0.15) is 6.10 Å². The van der Waals surface area contributed by atoms with E-state index in [1.165, 1.54) is 0 Å². The van der Waals surface area contributed by atoms with Crippen LogP contribution in [0, 0.1) is 0 Å². The van der Waals surface area contributed by atoms with Crippen LogP contribution in [0.1, 0.15) is 36.5 Å². The Morgan fingerprint density at radius 1 is 1.11 bits per heavy atom. The largest absolute Gasteiger partial charge is 0.368 e. The van der Waals surface area contributed by atoms with Gasteiger partial charge in [-0.25, -0.2) is 8.42 Å². The molecule has 154 valence electrons. The Hall–Kier alpha value is -2.13. The van der Waals surface area contributed by atoms with Gasteiger partial charge in [-0.2, -0.15) is 0 Å². The molecule has 1 atom stereocenters. The molecule has 3 rings (SSSR count). The predicted octanol–water partition coefficient (Wildman–Crippen LogP) is 1.30. The van der Waals surface area contributed by atoms with Crippen molar-refractivity contribution in [2.24, 2.45) is 0 Å². The molecule has 1 aromatic carbocycles. The highest BCUT2D eigenvalue weighted by molar-refractivity contribution is 7.92. The van der Waals surface area contributed by atoms with Crippen LogP contribution in [-0.4, -0.2) is 74.7 Å². The van der Waals surface area contributed by atoms with Crippen LogP contribution in [0.15, 0.2) is 24.3 Å². The second-order valence-electron chi connectivity index (χ2n) is 7.12. The second kappa shape index (κ2) is 8.91. The third kappa shape index (κ3) is 5.02. The van der Waals surface area contributed by atoms with Gasteiger partial charge < -0.3 is 14.5 Å². The minimum Gasteiger partial charge on any atom is -0.368 e. The molecule has 0 radical (unpaired) electrons.